The SMILES string of the molecule is Cc1nn(C)c(Oc2ccccc2)c1C=NOCC(F)=CC#CC(C)(C)C. The highest BCUT2D eigenvalue weighted by molar-refractivity contribution is 5.84. The second-order valence-electron chi connectivity index (χ2n) is 6.96. The Kier molecular flexibility index (Phi) is 6.78. The number of hydrogen-bond acceptors (Lipinski definition) is 4. The first-order chi connectivity index (χ1) is 12.8. The van der Waals surface area contributed by atoms with E-state index in [9.17, 15) is 4.39 Å². The number of benzene rings is 1. The molecule has 0 fully saturated rings. The number of aryl methyl sites for hydroxylation is 2. The number of ether oxygens (including phenoxy) is 1. The molecule has 0 saturated heterocycles. The molecule has 27 heavy (non-hydrogen) atoms. The molecule has 5 nitrogen and oxygen atoms in total. The van der Waals surface area contributed by atoms with Crippen LogP contribution >= 0.6 is 0 Å². The third-order valence-electron chi connectivity index (χ3n) is 3.31. The summed E-state index contributed by atoms with van der Waals surface area (Å²) in [5.74, 6) is 6.32. The van der Waals surface area contributed by atoms with E-state index in [1.807, 2.05) is 58.0 Å². The molecule has 1 aromatic heterocycles. The van der Waals surface area contributed by atoms with E-state index in [0.717, 1.165) is 5.69 Å². The molecule has 0 amide bonds. The second kappa shape index (κ2) is 9.04. The number of para-hydroxylation sites is 1. The summed E-state index contributed by atoms with van der Waals surface area (Å²) < 4.78 is 21.2. The Balaban J connectivity index is 2.02. The molecule has 1 aromatic carbocycles. The second-order valence-corrected chi connectivity index (χ2v) is 6.96. The van der Waals surface area contributed by atoms with Crippen molar-refractivity contribution in [3.05, 3.63) is 53.5 Å². The zero-order valence-corrected chi connectivity index (χ0v) is 16.3. The number of allylic oxidation sites excluding steroid dienone is 1. The number of oxime groups is 1. The lowest BCUT2D eigenvalue weighted by Crippen LogP contribution is -1.99. The van der Waals surface area contributed by atoms with Crippen LogP contribution in [0.2, 0.25) is 0 Å². The van der Waals surface area contributed by atoms with E-state index in [4.69, 9.17) is 9.57 Å². The number of aromatic nitrogens is 2. The van der Waals surface area contributed by atoms with Crippen molar-refractivity contribution in [1.29, 1.82) is 0 Å². The van der Waals surface area contributed by atoms with Gasteiger partial charge in [-0.3, -0.25) is 0 Å². The van der Waals surface area contributed by atoms with Gasteiger partial charge in [0.05, 0.1) is 17.5 Å². The van der Waals surface area contributed by atoms with Gasteiger partial charge < -0.3 is 9.57 Å². The minimum atomic E-state index is -0.493. The summed E-state index contributed by atoms with van der Waals surface area (Å²) in [5, 5.41) is 8.15. The van der Waals surface area contributed by atoms with Crippen molar-refractivity contribution in [2.75, 3.05) is 6.61 Å². The maximum atomic E-state index is 13.7. The lowest BCUT2D eigenvalue weighted by molar-refractivity contribution is 0.154. The Morgan fingerprint density at radius 2 is 2.00 bits per heavy atom. The van der Waals surface area contributed by atoms with Gasteiger partial charge in [0.25, 0.3) is 0 Å². The van der Waals surface area contributed by atoms with E-state index in [1.165, 1.54) is 12.3 Å². The van der Waals surface area contributed by atoms with Crippen LogP contribution in [0.25, 0.3) is 0 Å². The highest BCUT2D eigenvalue weighted by atomic mass is 19.1. The standard InChI is InChI=1S/C21H24FN3O2/c1-16-19(14-23-26-15-17(22)10-9-13-21(2,3)4)20(25(5)24-16)27-18-11-7-6-8-12-18/h6-8,10-12,14H,15H2,1-5H3. The third-order valence-corrected chi connectivity index (χ3v) is 3.31. The Labute approximate surface area is 159 Å². The van der Waals surface area contributed by atoms with Gasteiger partial charge in [0.2, 0.25) is 5.88 Å². The summed E-state index contributed by atoms with van der Waals surface area (Å²) >= 11 is 0. The molecule has 0 N–H and O–H groups in total. The molecular weight excluding hydrogens is 345 g/mol. The van der Waals surface area contributed by atoms with Gasteiger partial charge >= 0.3 is 0 Å². The zero-order valence-electron chi connectivity index (χ0n) is 16.3. The molecule has 0 bridgehead atoms. The van der Waals surface area contributed by atoms with Crippen LogP contribution in [0.1, 0.15) is 32.0 Å². The lowest BCUT2D eigenvalue weighted by atomic mass is 9.98. The van der Waals surface area contributed by atoms with Crippen molar-refractivity contribution in [3.8, 4) is 23.5 Å². The van der Waals surface area contributed by atoms with Crippen LogP contribution in [-0.4, -0.2) is 22.6 Å². The Morgan fingerprint density at radius 1 is 1.30 bits per heavy atom. The van der Waals surface area contributed by atoms with Crippen molar-refractivity contribution in [2.45, 2.75) is 27.7 Å². The van der Waals surface area contributed by atoms with Crippen molar-refractivity contribution in [3.63, 3.8) is 0 Å². The van der Waals surface area contributed by atoms with Crippen molar-refractivity contribution in [1.82, 2.24) is 9.78 Å². The van der Waals surface area contributed by atoms with Crippen molar-refractivity contribution < 1.29 is 14.0 Å². The monoisotopic (exact) mass is 369 g/mol. The van der Waals surface area contributed by atoms with E-state index >= 15 is 0 Å². The molecule has 6 heteroatoms. The molecular formula is C21H24FN3O2. The highest BCUT2D eigenvalue weighted by Crippen LogP contribution is 2.25. The summed E-state index contributed by atoms with van der Waals surface area (Å²) in [6.45, 7) is 7.42. The van der Waals surface area contributed by atoms with E-state index in [-0.39, 0.29) is 12.0 Å². The molecule has 0 aliphatic rings. The molecule has 0 radical (unpaired) electrons. The van der Waals surface area contributed by atoms with Crippen LogP contribution < -0.4 is 4.74 Å². The summed E-state index contributed by atoms with van der Waals surface area (Å²) in [7, 11) is 1.78. The predicted octanol–water partition coefficient (Wildman–Crippen LogP) is 4.77. The fraction of sp³-hybridized carbons (Fsp3) is 0.333. The maximum Gasteiger partial charge on any atom is 0.226 e. The lowest BCUT2D eigenvalue weighted by Gasteiger charge is -2.06. The minimum Gasteiger partial charge on any atom is -0.439 e. The fourth-order valence-corrected chi connectivity index (χ4v) is 2.08. The van der Waals surface area contributed by atoms with Gasteiger partial charge in [-0.25, -0.2) is 9.07 Å². The molecule has 0 atom stereocenters. The van der Waals surface area contributed by atoms with Gasteiger partial charge in [-0.2, -0.15) is 5.10 Å². The first-order valence-electron chi connectivity index (χ1n) is 8.55. The van der Waals surface area contributed by atoms with E-state index < -0.39 is 5.83 Å². The van der Waals surface area contributed by atoms with Gasteiger partial charge in [0, 0.05) is 18.5 Å². The Bertz CT molecular complexity index is 882. The molecule has 0 unspecified atom stereocenters. The van der Waals surface area contributed by atoms with Crippen LogP contribution in [0.3, 0.4) is 0 Å². The van der Waals surface area contributed by atoms with Gasteiger partial charge in [-0.15, -0.1) is 0 Å². The average molecular weight is 369 g/mol. The fourth-order valence-electron chi connectivity index (χ4n) is 2.08. The topological polar surface area (TPSA) is 48.6 Å². The van der Waals surface area contributed by atoms with E-state index in [2.05, 4.69) is 22.1 Å². The van der Waals surface area contributed by atoms with Gasteiger partial charge in [0.1, 0.15) is 11.6 Å². The smallest absolute Gasteiger partial charge is 0.226 e. The Morgan fingerprint density at radius 3 is 2.67 bits per heavy atom. The van der Waals surface area contributed by atoms with Crippen LogP contribution in [0.4, 0.5) is 4.39 Å². The van der Waals surface area contributed by atoms with Gasteiger partial charge in [0.15, 0.2) is 6.61 Å². The molecule has 0 spiro atoms. The van der Waals surface area contributed by atoms with Crippen molar-refractivity contribution >= 4 is 6.21 Å². The number of hydrogen-bond donors (Lipinski definition) is 0. The van der Waals surface area contributed by atoms with Gasteiger partial charge in [-0.1, -0.05) is 35.2 Å². The number of halogens is 1. The number of nitrogens with zero attached hydrogens (tertiary/aromatic N) is 3. The van der Waals surface area contributed by atoms with Crippen LogP contribution in [0, 0.1) is 24.2 Å². The highest BCUT2D eigenvalue weighted by Gasteiger charge is 2.14. The average Bonchev–Trinajstić information content (AvgIpc) is 2.85. The Hall–Kier alpha value is -3.07. The number of rotatable bonds is 6. The van der Waals surface area contributed by atoms with Crippen LogP contribution in [-0.2, 0) is 11.9 Å². The third kappa shape index (κ3) is 6.63. The summed E-state index contributed by atoms with van der Waals surface area (Å²) in [6, 6.07) is 9.36. The summed E-state index contributed by atoms with van der Waals surface area (Å²) in [6.07, 6.45) is 2.66. The van der Waals surface area contributed by atoms with Crippen LogP contribution in [0.15, 0.2) is 47.4 Å². The van der Waals surface area contributed by atoms with Crippen molar-refractivity contribution in [2.24, 2.45) is 17.6 Å². The van der Waals surface area contributed by atoms with E-state index in [1.54, 1.807) is 11.7 Å². The normalized spacial score (nSPS) is 12.0. The first kappa shape index (κ1) is 20.2. The molecule has 1 heterocycles. The molecule has 142 valence electrons. The molecule has 0 aliphatic carbocycles. The zero-order chi connectivity index (χ0) is 19.9. The predicted molar refractivity (Wildman–Crippen MR) is 104 cm³/mol. The molecule has 2 aromatic rings. The van der Waals surface area contributed by atoms with Gasteiger partial charge in [-0.05, 0) is 39.8 Å². The summed E-state index contributed by atoms with van der Waals surface area (Å²) in [4.78, 5) is 5.02. The van der Waals surface area contributed by atoms with E-state index in [0.29, 0.717) is 17.2 Å². The molecule has 0 saturated carbocycles. The van der Waals surface area contributed by atoms with Crippen LogP contribution in [0.5, 0.6) is 11.6 Å². The first-order valence-corrected chi connectivity index (χ1v) is 8.55. The quantitative estimate of drug-likeness (QED) is 0.418. The summed E-state index contributed by atoms with van der Waals surface area (Å²) in [5.41, 5.74) is 1.21. The minimum absolute atomic E-state index is 0.178. The maximum absolute atomic E-state index is 13.7. The largest absolute Gasteiger partial charge is 0.439 e. The molecule has 0 aliphatic heterocycles. The molecule has 2 rings (SSSR count).